The van der Waals surface area contributed by atoms with Gasteiger partial charge in [0.25, 0.3) is 0 Å². The summed E-state index contributed by atoms with van der Waals surface area (Å²) in [5.74, 6) is 0.00763. The number of hydrogen-bond donors (Lipinski definition) is 2. The molecule has 0 aliphatic rings. The first-order valence-corrected chi connectivity index (χ1v) is 7.42. The Morgan fingerprint density at radius 2 is 2.19 bits per heavy atom. The summed E-state index contributed by atoms with van der Waals surface area (Å²) < 4.78 is 5.01. The average Bonchev–Trinajstić information content (AvgIpc) is 2.43. The highest BCUT2D eigenvalue weighted by Crippen LogP contribution is 2.23. The summed E-state index contributed by atoms with van der Waals surface area (Å²) in [6.45, 7) is 4.97. The van der Waals surface area contributed by atoms with E-state index in [-0.39, 0.29) is 5.91 Å². The van der Waals surface area contributed by atoms with Crippen LogP contribution >= 0.6 is 11.6 Å². The van der Waals surface area contributed by atoms with E-state index in [0.717, 1.165) is 17.8 Å². The van der Waals surface area contributed by atoms with Crippen molar-refractivity contribution in [2.24, 2.45) is 0 Å². The molecule has 0 saturated heterocycles. The Hall–Kier alpha value is -1.30. The number of halogens is 1. The van der Waals surface area contributed by atoms with E-state index in [9.17, 15) is 4.79 Å². The molecule has 21 heavy (non-hydrogen) atoms. The quantitative estimate of drug-likeness (QED) is 0.681. The third-order valence-electron chi connectivity index (χ3n) is 3.01. The summed E-state index contributed by atoms with van der Waals surface area (Å²) in [6, 6.07) is 5.70. The molecule has 0 fully saturated rings. The third-order valence-corrected chi connectivity index (χ3v) is 3.24. The lowest BCUT2D eigenvalue weighted by Gasteiger charge is -2.22. The zero-order valence-electron chi connectivity index (χ0n) is 12.9. The zero-order chi connectivity index (χ0) is 15.7. The highest BCUT2D eigenvalue weighted by Gasteiger charge is 2.11. The predicted octanol–water partition coefficient (Wildman–Crippen LogP) is 1.65. The molecule has 0 aliphatic heterocycles. The number of rotatable bonds is 9. The molecule has 5 nitrogen and oxygen atoms in total. The van der Waals surface area contributed by atoms with Gasteiger partial charge in [-0.05, 0) is 30.7 Å². The fourth-order valence-electron chi connectivity index (χ4n) is 2.02. The van der Waals surface area contributed by atoms with Crippen molar-refractivity contribution >= 4 is 23.2 Å². The fraction of sp³-hybridized carbons (Fsp3) is 0.533. The van der Waals surface area contributed by atoms with Gasteiger partial charge in [0.1, 0.15) is 0 Å². The van der Waals surface area contributed by atoms with E-state index >= 15 is 0 Å². The molecule has 0 heterocycles. The lowest BCUT2D eigenvalue weighted by atomic mass is 10.1. The maximum absolute atomic E-state index is 11.7. The second kappa shape index (κ2) is 9.60. The molecule has 0 spiro atoms. The van der Waals surface area contributed by atoms with Crippen molar-refractivity contribution in [2.45, 2.75) is 13.5 Å². The Morgan fingerprint density at radius 3 is 2.86 bits per heavy atom. The van der Waals surface area contributed by atoms with Crippen LogP contribution in [0.3, 0.4) is 0 Å². The molecule has 1 aromatic rings. The van der Waals surface area contributed by atoms with Gasteiger partial charge in [0.2, 0.25) is 5.91 Å². The molecule has 0 aliphatic carbocycles. The first-order chi connectivity index (χ1) is 10.1. The maximum atomic E-state index is 11.7. The minimum Gasteiger partial charge on any atom is -0.383 e. The first kappa shape index (κ1) is 17.8. The van der Waals surface area contributed by atoms with Crippen molar-refractivity contribution in [3.63, 3.8) is 0 Å². The Bertz CT molecular complexity index is 455. The van der Waals surface area contributed by atoms with E-state index in [2.05, 4.69) is 10.6 Å². The lowest BCUT2D eigenvalue weighted by Crippen LogP contribution is -2.35. The smallest absolute Gasteiger partial charge is 0.239 e. The van der Waals surface area contributed by atoms with E-state index in [1.165, 1.54) is 0 Å². The largest absolute Gasteiger partial charge is 0.383 e. The topological polar surface area (TPSA) is 53.6 Å². The van der Waals surface area contributed by atoms with Crippen molar-refractivity contribution < 1.29 is 9.53 Å². The highest BCUT2D eigenvalue weighted by molar-refractivity contribution is 6.30. The van der Waals surface area contributed by atoms with Crippen molar-refractivity contribution in [1.29, 1.82) is 0 Å². The monoisotopic (exact) mass is 313 g/mol. The van der Waals surface area contributed by atoms with Crippen molar-refractivity contribution in [1.82, 2.24) is 10.6 Å². The number of carbonyl (C=O) groups is 1. The summed E-state index contributed by atoms with van der Waals surface area (Å²) >= 11 is 6.07. The molecule has 1 rings (SSSR count). The SMILES string of the molecule is CCNC(=O)CN(C)c1ccc(Cl)cc1CNCCOC. The van der Waals surface area contributed by atoms with E-state index < -0.39 is 0 Å². The third kappa shape index (κ3) is 6.33. The van der Waals surface area contributed by atoms with Gasteiger partial charge in [-0.15, -0.1) is 0 Å². The molecule has 0 unspecified atom stereocenters. The summed E-state index contributed by atoms with van der Waals surface area (Å²) in [5, 5.41) is 6.78. The molecule has 6 heteroatoms. The summed E-state index contributed by atoms with van der Waals surface area (Å²) in [6.07, 6.45) is 0. The van der Waals surface area contributed by atoms with E-state index in [1.807, 2.05) is 37.1 Å². The van der Waals surface area contributed by atoms with Gasteiger partial charge in [-0.2, -0.15) is 0 Å². The van der Waals surface area contributed by atoms with Gasteiger partial charge < -0.3 is 20.3 Å². The Morgan fingerprint density at radius 1 is 1.43 bits per heavy atom. The molecule has 2 N–H and O–H groups in total. The van der Waals surface area contributed by atoms with Gasteiger partial charge in [-0.3, -0.25) is 4.79 Å². The number of amides is 1. The number of nitrogens with one attached hydrogen (secondary N) is 2. The van der Waals surface area contributed by atoms with E-state index in [0.29, 0.717) is 31.3 Å². The maximum Gasteiger partial charge on any atom is 0.239 e. The van der Waals surface area contributed by atoms with Crippen molar-refractivity contribution in [3.05, 3.63) is 28.8 Å². The number of likely N-dealkylation sites (N-methyl/N-ethyl adjacent to an activating group) is 2. The molecule has 0 aromatic heterocycles. The average molecular weight is 314 g/mol. The normalized spacial score (nSPS) is 10.5. The lowest BCUT2D eigenvalue weighted by molar-refractivity contribution is -0.119. The predicted molar refractivity (Wildman–Crippen MR) is 87.0 cm³/mol. The van der Waals surface area contributed by atoms with Gasteiger partial charge in [0.15, 0.2) is 0 Å². The number of benzene rings is 1. The van der Waals surface area contributed by atoms with E-state index in [1.54, 1.807) is 7.11 Å². The Labute approximate surface area is 131 Å². The van der Waals surface area contributed by atoms with Gasteiger partial charge in [0, 0.05) is 44.5 Å². The molecule has 0 saturated carbocycles. The fourth-order valence-corrected chi connectivity index (χ4v) is 2.21. The number of nitrogens with zero attached hydrogens (tertiary/aromatic N) is 1. The van der Waals surface area contributed by atoms with Crippen LogP contribution in [0.4, 0.5) is 5.69 Å². The zero-order valence-corrected chi connectivity index (χ0v) is 13.7. The van der Waals surface area contributed by atoms with Crippen LogP contribution in [0, 0.1) is 0 Å². The second-order valence-electron chi connectivity index (χ2n) is 4.75. The van der Waals surface area contributed by atoms with Gasteiger partial charge in [-0.25, -0.2) is 0 Å². The van der Waals surface area contributed by atoms with Crippen LogP contribution in [-0.2, 0) is 16.1 Å². The molecule has 1 amide bonds. The Kier molecular flexibility index (Phi) is 8.12. The molecule has 118 valence electrons. The van der Waals surface area contributed by atoms with Crippen LogP contribution in [0.5, 0.6) is 0 Å². The van der Waals surface area contributed by atoms with Crippen LogP contribution in [0.25, 0.3) is 0 Å². The summed E-state index contributed by atoms with van der Waals surface area (Å²) in [7, 11) is 3.57. The van der Waals surface area contributed by atoms with Crippen LogP contribution in [0.15, 0.2) is 18.2 Å². The van der Waals surface area contributed by atoms with Gasteiger partial charge >= 0.3 is 0 Å². The van der Waals surface area contributed by atoms with E-state index in [4.69, 9.17) is 16.3 Å². The van der Waals surface area contributed by atoms with Crippen molar-refractivity contribution in [2.75, 3.05) is 45.3 Å². The molecule has 0 bridgehead atoms. The van der Waals surface area contributed by atoms with Crippen LogP contribution in [-0.4, -0.2) is 46.3 Å². The highest BCUT2D eigenvalue weighted by atomic mass is 35.5. The number of anilines is 1. The standard InChI is InChI=1S/C15H24ClN3O2/c1-4-18-15(20)11-19(2)14-6-5-13(16)9-12(14)10-17-7-8-21-3/h5-6,9,17H,4,7-8,10-11H2,1-3H3,(H,18,20). The number of methoxy groups -OCH3 is 1. The van der Waals surface area contributed by atoms with Crippen LogP contribution in [0.1, 0.15) is 12.5 Å². The minimum atomic E-state index is 0.00763. The van der Waals surface area contributed by atoms with Crippen LogP contribution < -0.4 is 15.5 Å². The molecule has 0 radical (unpaired) electrons. The minimum absolute atomic E-state index is 0.00763. The summed E-state index contributed by atoms with van der Waals surface area (Å²) in [5.41, 5.74) is 2.06. The number of ether oxygens (including phenoxy) is 1. The molecule has 0 atom stereocenters. The number of hydrogen-bond acceptors (Lipinski definition) is 4. The molecular weight excluding hydrogens is 290 g/mol. The van der Waals surface area contributed by atoms with Crippen molar-refractivity contribution in [3.8, 4) is 0 Å². The number of carbonyl (C=O) groups excluding carboxylic acids is 1. The first-order valence-electron chi connectivity index (χ1n) is 7.04. The second-order valence-corrected chi connectivity index (χ2v) is 5.19. The molecule has 1 aromatic carbocycles. The summed E-state index contributed by atoms with van der Waals surface area (Å²) in [4.78, 5) is 13.6. The molecular formula is C15H24ClN3O2. The Balaban J connectivity index is 2.72. The van der Waals surface area contributed by atoms with Gasteiger partial charge in [0.05, 0.1) is 13.2 Å². The van der Waals surface area contributed by atoms with Crippen LogP contribution in [0.2, 0.25) is 5.02 Å². The van der Waals surface area contributed by atoms with Gasteiger partial charge in [-0.1, -0.05) is 11.6 Å².